The molecule has 4 aromatic carbocycles. The summed E-state index contributed by atoms with van der Waals surface area (Å²) >= 11 is 0. The number of fused-ring (bicyclic) bond motifs is 2. The van der Waals surface area contributed by atoms with Crippen LogP contribution in [0.4, 0.5) is 28.6 Å². The minimum Gasteiger partial charge on any atom is -0.505 e. The third-order valence-corrected chi connectivity index (χ3v) is 10.0. The standard InChI is InChI=1S/C29H26N8O10S3.C2H4O2.Cu/c1-15-25(29(30)37(36-15)18-6-8-19(9-7-18)48(39,40)41)34-32-17-5-4-16-13-24(50(45,46)47)27(28(38)21(16)14-17)35-33-22-10-11-23(49(42,43)44)20-3-2-12-31-26(20)22;1-2(3)4;/h2-14,38,42-47H,30H2,1H3,(H,39,40,41);1H3,(H,3,4);. The SMILES string of the molecule is CC(=O)O.Cc1nn(-c2ccc(S(=O)(=O)O)cc2)c(N)c1N=Nc1ccc2cc(S(O)(O)O)c(N=Nc3ccc(S(O)(O)O)c4cccnc34)c(O)c2c1.[Cu]. The summed E-state index contributed by atoms with van der Waals surface area (Å²) in [5, 5.41) is 40.0. The van der Waals surface area contributed by atoms with Gasteiger partial charge in [0.2, 0.25) is 0 Å². The van der Waals surface area contributed by atoms with E-state index in [0.717, 1.165) is 6.92 Å². The minimum atomic E-state index is -4.45. The summed E-state index contributed by atoms with van der Waals surface area (Å²) in [4.78, 5) is 12.1. The van der Waals surface area contributed by atoms with Gasteiger partial charge in [-0.1, -0.05) is 6.07 Å². The fourth-order valence-electron chi connectivity index (χ4n) is 4.98. The van der Waals surface area contributed by atoms with Crippen LogP contribution in [0.1, 0.15) is 12.6 Å². The first-order valence-electron chi connectivity index (χ1n) is 14.8. The van der Waals surface area contributed by atoms with Gasteiger partial charge in [0, 0.05) is 41.0 Å². The second-order valence-electron chi connectivity index (χ2n) is 11.1. The Labute approximate surface area is 324 Å². The van der Waals surface area contributed by atoms with Gasteiger partial charge in [0.25, 0.3) is 16.1 Å². The summed E-state index contributed by atoms with van der Waals surface area (Å²) < 4.78 is 93.4. The first-order chi connectivity index (χ1) is 25.2. The largest absolute Gasteiger partial charge is 0.505 e. The molecule has 0 aliphatic carbocycles. The van der Waals surface area contributed by atoms with E-state index in [9.17, 15) is 45.4 Å². The van der Waals surface area contributed by atoms with Crippen molar-refractivity contribution in [3.8, 4) is 11.4 Å². The zero-order chi connectivity index (χ0) is 39.7. The predicted molar refractivity (Wildman–Crippen MR) is 199 cm³/mol. The number of aryl methyl sites for hydroxylation is 1. The molecule has 0 amide bonds. The second kappa shape index (κ2) is 16.3. The van der Waals surface area contributed by atoms with E-state index in [1.54, 1.807) is 6.92 Å². The van der Waals surface area contributed by atoms with Crippen LogP contribution >= 0.6 is 21.7 Å². The van der Waals surface area contributed by atoms with Crippen LogP contribution in [0.3, 0.4) is 0 Å². The quantitative estimate of drug-likeness (QED) is 0.0389. The molecule has 24 heteroatoms. The summed E-state index contributed by atoms with van der Waals surface area (Å²) in [6.07, 6.45) is 1.39. The van der Waals surface area contributed by atoms with Crippen molar-refractivity contribution in [2.45, 2.75) is 28.5 Å². The molecule has 0 bridgehead atoms. The average Bonchev–Trinajstić information content (AvgIpc) is 3.37. The molecule has 2 heterocycles. The maximum absolute atomic E-state index is 11.4. The molecule has 6 aromatic rings. The molecular weight excluding hydrogens is 836 g/mol. The summed E-state index contributed by atoms with van der Waals surface area (Å²) in [5.74, 6) is -1.38. The number of carbonyl (C=O) groups is 1. The van der Waals surface area contributed by atoms with Crippen LogP contribution < -0.4 is 5.73 Å². The number of phenols is 1. The van der Waals surface area contributed by atoms with E-state index < -0.39 is 54.2 Å². The van der Waals surface area contributed by atoms with Gasteiger partial charge in [0.15, 0.2) is 17.3 Å². The zero-order valence-electron chi connectivity index (χ0n) is 28.0. The third-order valence-electron chi connectivity index (χ3n) is 7.30. The Morgan fingerprint density at radius 2 is 1.40 bits per heavy atom. The number of nitrogens with two attached hydrogens (primary N) is 1. The van der Waals surface area contributed by atoms with Crippen molar-refractivity contribution in [2.24, 2.45) is 20.5 Å². The molecule has 20 nitrogen and oxygen atoms in total. The number of azo groups is 2. The van der Waals surface area contributed by atoms with Gasteiger partial charge in [-0.2, -0.15) is 18.6 Å². The van der Waals surface area contributed by atoms with Gasteiger partial charge in [0.1, 0.15) is 33.1 Å². The molecule has 0 unspecified atom stereocenters. The second-order valence-corrected chi connectivity index (χ2v) is 15.5. The molecule has 0 aliphatic heterocycles. The van der Waals surface area contributed by atoms with E-state index in [0.29, 0.717) is 11.4 Å². The molecule has 0 fully saturated rings. The van der Waals surface area contributed by atoms with Crippen molar-refractivity contribution in [3.63, 3.8) is 0 Å². The van der Waals surface area contributed by atoms with Gasteiger partial charge < -0.3 is 43.3 Å². The average molecular weight is 866 g/mol. The van der Waals surface area contributed by atoms with Gasteiger partial charge in [0.05, 0.1) is 37.3 Å². The number of hydrogen-bond acceptors (Lipinski definition) is 17. The molecule has 55 heavy (non-hydrogen) atoms. The van der Waals surface area contributed by atoms with Crippen LogP contribution in [0.25, 0.3) is 27.4 Å². The maximum Gasteiger partial charge on any atom is 0.300 e. The molecular formula is C31H30CuN8O12S3. The number of hydrogen-bond donors (Lipinski definition) is 10. The molecule has 6 rings (SSSR count). The fourth-order valence-corrected chi connectivity index (χ4v) is 6.85. The molecule has 11 N–H and O–H groups in total. The number of rotatable bonds is 8. The van der Waals surface area contributed by atoms with Crippen LogP contribution in [-0.4, -0.2) is 71.2 Å². The van der Waals surface area contributed by atoms with E-state index in [-0.39, 0.29) is 71.4 Å². The normalized spacial score (nSPS) is 12.8. The number of phenolic OH excluding ortho intramolecular Hbond substituents is 1. The Morgan fingerprint density at radius 1 is 0.782 bits per heavy atom. The van der Waals surface area contributed by atoms with E-state index in [1.807, 2.05) is 0 Å². The van der Waals surface area contributed by atoms with Gasteiger partial charge >= 0.3 is 0 Å². The number of aromatic nitrogens is 3. The van der Waals surface area contributed by atoms with Crippen molar-refractivity contribution in [1.82, 2.24) is 14.8 Å². The molecule has 295 valence electrons. The van der Waals surface area contributed by atoms with Gasteiger partial charge in [-0.15, -0.1) is 15.3 Å². The number of carboxylic acid groups (broad SMARTS) is 1. The summed E-state index contributed by atoms with van der Waals surface area (Å²) in [6, 6.07) is 16.1. The van der Waals surface area contributed by atoms with Gasteiger partial charge in [-0.25, -0.2) is 4.68 Å². The van der Waals surface area contributed by atoms with Crippen LogP contribution in [-0.2, 0) is 32.0 Å². The third kappa shape index (κ3) is 9.60. The Balaban J connectivity index is 0.00000128. The van der Waals surface area contributed by atoms with Crippen LogP contribution in [0, 0.1) is 6.92 Å². The van der Waals surface area contributed by atoms with E-state index in [4.69, 9.17) is 15.6 Å². The Kier molecular flexibility index (Phi) is 12.7. The first kappa shape index (κ1) is 42.7. The number of aromatic hydroxyl groups is 1. The summed E-state index contributed by atoms with van der Waals surface area (Å²) in [6.45, 7) is 2.70. The first-order valence-corrected chi connectivity index (χ1v) is 19.3. The number of carboxylic acids is 1. The maximum atomic E-state index is 11.4. The fraction of sp³-hybridized carbons (Fsp3) is 0.0645. The van der Waals surface area contributed by atoms with E-state index in [2.05, 4.69) is 30.5 Å². The number of aliphatic carboxylic acids is 1. The molecule has 1 radical (unpaired) electrons. The van der Waals surface area contributed by atoms with E-state index in [1.165, 1.54) is 83.7 Å². The van der Waals surface area contributed by atoms with Crippen LogP contribution in [0.2, 0.25) is 0 Å². The number of benzene rings is 4. The van der Waals surface area contributed by atoms with Crippen molar-refractivity contribution >= 4 is 88.1 Å². The smallest absolute Gasteiger partial charge is 0.300 e. The molecule has 0 saturated heterocycles. The number of nitrogens with zero attached hydrogens (tertiary/aromatic N) is 7. The Morgan fingerprint density at radius 3 is 2.00 bits per heavy atom. The van der Waals surface area contributed by atoms with Crippen molar-refractivity contribution in [2.75, 3.05) is 5.73 Å². The molecule has 0 saturated carbocycles. The topological polar surface area (TPSA) is 339 Å². The Bertz CT molecular complexity index is 2590. The van der Waals surface area contributed by atoms with Crippen molar-refractivity contribution in [3.05, 3.63) is 84.7 Å². The zero-order valence-corrected chi connectivity index (χ0v) is 31.4. The minimum absolute atomic E-state index is 0. The van der Waals surface area contributed by atoms with Gasteiger partial charge in [-0.3, -0.25) is 14.3 Å². The summed E-state index contributed by atoms with van der Waals surface area (Å²) in [7, 11) is -13.0. The van der Waals surface area contributed by atoms with Crippen LogP contribution in [0.5, 0.6) is 5.75 Å². The number of anilines is 1. The van der Waals surface area contributed by atoms with Crippen LogP contribution in [0.15, 0.2) is 114 Å². The molecule has 0 aliphatic rings. The van der Waals surface area contributed by atoms with E-state index >= 15 is 0 Å². The van der Waals surface area contributed by atoms with Crippen molar-refractivity contribution in [1.29, 1.82) is 0 Å². The summed E-state index contributed by atoms with van der Waals surface area (Å²) in [5.41, 5.74) is 7.03. The predicted octanol–water partition coefficient (Wildman–Crippen LogP) is 8.50. The molecule has 0 spiro atoms. The number of nitrogen functional groups attached to an aromatic ring is 1. The van der Waals surface area contributed by atoms with Crippen molar-refractivity contribution < 1.29 is 72.4 Å². The molecule has 0 atom stereocenters. The number of pyridine rings is 1. The van der Waals surface area contributed by atoms with Gasteiger partial charge in [-0.05, 0) is 79.0 Å². The molecule has 2 aromatic heterocycles. The Hall–Kier alpha value is -5.08. The monoisotopic (exact) mass is 865 g/mol.